The topological polar surface area (TPSA) is 82.5 Å². The Bertz CT molecular complexity index is 884. The minimum Gasteiger partial charge on any atom is -0.348 e. The Morgan fingerprint density at radius 3 is 2.34 bits per heavy atom. The summed E-state index contributed by atoms with van der Waals surface area (Å²) in [5, 5.41) is 9.73. The summed E-state index contributed by atoms with van der Waals surface area (Å²) in [5.74, 6) is -0.0394. The Labute approximate surface area is 191 Å². The molecule has 2 heterocycles. The van der Waals surface area contributed by atoms with Crippen molar-refractivity contribution in [1.82, 2.24) is 24.9 Å². The molecule has 8 nitrogen and oxygen atoms in total. The van der Waals surface area contributed by atoms with E-state index < -0.39 is 11.8 Å². The molecular weight excluding hydrogens is 404 g/mol. The van der Waals surface area contributed by atoms with Crippen LogP contribution in [0.25, 0.3) is 0 Å². The minimum absolute atomic E-state index is 0.273. The van der Waals surface area contributed by atoms with Crippen molar-refractivity contribution < 1.29 is 9.59 Å². The SMILES string of the molecule is CC(C)c1ccc(Cn2nccc2NC(=O)C(=O)NC[C@@H](C)CN2CCN(C)CC2)cc1. The molecule has 1 aliphatic rings. The Kier molecular flexibility index (Phi) is 8.41. The number of nitrogens with zero attached hydrogens (tertiary/aromatic N) is 4. The van der Waals surface area contributed by atoms with E-state index in [0.29, 0.717) is 24.8 Å². The minimum atomic E-state index is -0.672. The first-order chi connectivity index (χ1) is 15.3. The average Bonchev–Trinajstić information content (AvgIpc) is 3.20. The summed E-state index contributed by atoms with van der Waals surface area (Å²) in [7, 11) is 2.13. The number of hydrogen-bond donors (Lipinski definition) is 2. The van der Waals surface area contributed by atoms with Gasteiger partial charge in [0.1, 0.15) is 5.82 Å². The standard InChI is InChI=1S/C24H36N6O2/c1-18(2)21-7-5-20(6-8-21)17-30-22(9-10-26-30)27-24(32)23(31)25-15-19(3)16-29-13-11-28(4)12-14-29/h5-10,18-19H,11-17H2,1-4H3,(H,25,31)(H,27,32)/t19-/m1/s1. The monoisotopic (exact) mass is 440 g/mol. The molecule has 0 bridgehead atoms. The van der Waals surface area contributed by atoms with Crippen LogP contribution in [0.3, 0.4) is 0 Å². The van der Waals surface area contributed by atoms with Crippen LogP contribution >= 0.6 is 0 Å². The van der Waals surface area contributed by atoms with E-state index in [4.69, 9.17) is 0 Å². The van der Waals surface area contributed by atoms with Gasteiger partial charge >= 0.3 is 11.8 Å². The molecule has 174 valence electrons. The average molecular weight is 441 g/mol. The van der Waals surface area contributed by atoms with E-state index in [2.05, 4.69) is 77.6 Å². The fourth-order valence-corrected chi connectivity index (χ4v) is 3.80. The first-order valence-electron chi connectivity index (χ1n) is 11.4. The highest BCUT2D eigenvalue weighted by Gasteiger charge is 2.19. The van der Waals surface area contributed by atoms with Gasteiger partial charge < -0.3 is 20.4 Å². The summed E-state index contributed by atoms with van der Waals surface area (Å²) in [6, 6.07) is 10.1. The van der Waals surface area contributed by atoms with Gasteiger partial charge in [0.05, 0.1) is 12.7 Å². The van der Waals surface area contributed by atoms with Crippen LogP contribution in [-0.4, -0.2) is 77.7 Å². The molecule has 0 radical (unpaired) electrons. The molecule has 2 N–H and O–H groups in total. The van der Waals surface area contributed by atoms with Crippen LogP contribution in [0.5, 0.6) is 0 Å². The lowest BCUT2D eigenvalue weighted by molar-refractivity contribution is -0.136. The van der Waals surface area contributed by atoms with Gasteiger partial charge in [0, 0.05) is 45.3 Å². The van der Waals surface area contributed by atoms with Crippen LogP contribution in [0, 0.1) is 5.92 Å². The summed E-state index contributed by atoms with van der Waals surface area (Å²) < 4.78 is 1.69. The quantitative estimate of drug-likeness (QED) is 0.614. The molecular formula is C24H36N6O2. The number of carbonyl (C=O) groups excluding carboxylic acids is 2. The predicted octanol–water partition coefficient (Wildman–Crippen LogP) is 1.99. The first-order valence-corrected chi connectivity index (χ1v) is 11.4. The van der Waals surface area contributed by atoms with E-state index in [1.165, 1.54) is 5.56 Å². The Balaban J connectivity index is 1.46. The highest BCUT2D eigenvalue weighted by molar-refractivity contribution is 6.39. The molecule has 1 atom stereocenters. The first kappa shape index (κ1) is 23.9. The van der Waals surface area contributed by atoms with Gasteiger partial charge in [-0.3, -0.25) is 9.59 Å². The summed E-state index contributed by atoms with van der Waals surface area (Å²) in [4.78, 5) is 29.4. The van der Waals surface area contributed by atoms with Crippen LogP contribution in [0.1, 0.15) is 37.8 Å². The van der Waals surface area contributed by atoms with Gasteiger partial charge in [-0.2, -0.15) is 5.10 Å². The number of benzene rings is 1. The summed E-state index contributed by atoms with van der Waals surface area (Å²) in [6.07, 6.45) is 1.62. The number of aromatic nitrogens is 2. The van der Waals surface area contributed by atoms with Crippen molar-refractivity contribution in [2.75, 3.05) is 51.6 Å². The van der Waals surface area contributed by atoms with E-state index >= 15 is 0 Å². The molecule has 3 rings (SSSR count). The number of rotatable bonds is 8. The van der Waals surface area contributed by atoms with E-state index in [1.807, 2.05) is 0 Å². The maximum Gasteiger partial charge on any atom is 0.314 e. The molecule has 0 saturated carbocycles. The van der Waals surface area contributed by atoms with Crippen molar-refractivity contribution in [2.24, 2.45) is 5.92 Å². The zero-order chi connectivity index (χ0) is 23.1. The van der Waals surface area contributed by atoms with E-state index in [-0.39, 0.29) is 5.92 Å². The molecule has 0 aliphatic carbocycles. The third kappa shape index (κ3) is 6.90. The summed E-state index contributed by atoms with van der Waals surface area (Å²) in [5.41, 5.74) is 2.36. The van der Waals surface area contributed by atoms with Crippen molar-refractivity contribution in [3.63, 3.8) is 0 Å². The van der Waals surface area contributed by atoms with Crippen LogP contribution < -0.4 is 10.6 Å². The van der Waals surface area contributed by atoms with Gasteiger partial charge in [-0.05, 0) is 30.0 Å². The largest absolute Gasteiger partial charge is 0.348 e. The molecule has 1 aromatic heterocycles. The Hall–Kier alpha value is -2.71. The number of likely N-dealkylation sites (N-methyl/N-ethyl adjacent to an activating group) is 1. The lowest BCUT2D eigenvalue weighted by Gasteiger charge is -2.33. The molecule has 32 heavy (non-hydrogen) atoms. The highest BCUT2D eigenvalue weighted by Crippen LogP contribution is 2.16. The van der Waals surface area contributed by atoms with Gasteiger partial charge in [0.2, 0.25) is 0 Å². The van der Waals surface area contributed by atoms with Gasteiger partial charge in [-0.15, -0.1) is 0 Å². The maximum atomic E-state index is 12.4. The van der Waals surface area contributed by atoms with Gasteiger partial charge in [0.25, 0.3) is 0 Å². The van der Waals surface area contributed by atoms with Crippen molar-refractivity contribution in [1.29, 1.82) is 0 Å². The van der Waals surface area contributed by atoms with Crippen molar-refractivity contribution in [3.05, 3.63) is 47.7 Å². The number of piperazine rings is 1. The summed E-state index contributed by atoms with van der Waals surface area (Å²) >= 11 is 0. The molecule has 1 saturated heterocycles. The molecule has 1 aliphatic heterocycles. The van der Waals surface area contributed by atoms with E-state index in [0.717, 1.165) is 38.3 Å². The molecule has 2 aromatic rings. The molecule has 0 unspecified atom stereocenters. The van der Waals surface area contributed by atoms with E-state index in [1.54, 1.807) is 16.9 Å². The van der Waals surface area contributed by atoms with Crippen LogP contribution in [0.4, 0.5) is 5.82 Å². The second kappa shape index (κ2) is 11.2. The van der Waals surface area contributed by atoms with Crippen LogP contribution in [-0.2, 0) is 16.1 Å². The Morgan fingerprint density at radius 1 is 1.00 bits per heavy atom. The second-order valence-corrected chi connectivity index (χ2v) is 9.14. The van der Waals surface area contributed by atoms with Crippen molar-refractivity contribution in [3.8, 4) is 0 Å². The molecule has 2 amide bonds. The fraction of sp³-hybridized carbons (Fsp3) is 0.542. The molecule has 1 aromatic carbocycles. The molecule has 0 spiro atoms. The smallest absolute Gasteiger partial charge is 0.314 e. The lowest BCUT2D eigenvalue weighted by Crippen LogP contribution is -2.47. The third-order valence-corrected chi connectivity index (χ3v) is 5.92. The third-order valence-electron chi connectivity index (χ3n) is 5.92. The normalized spacial score (nSPS) is 16.2. The van der Waals surface area contributed by atoms with Gasteiger partial charge in [-0.25, -0.2) is 4.68 Å². The van der Waals surface area contributed by atoms with Crippen molar-refractivity contribution >= 4 is 17.6 Å². The second-order valence-electron chi connectivity index (χ2n) is 9.14. The number of anilines is 1. The molecule has 8 heteroatoms. The zero-order valence-corrected chi connectivity index (χ0v) is 19.7. The number of carbonyl (C=O) groups is 2. The van der Waals surface area contributed by atoms with Crippen molar-refractivity contribution in [2.45, 2.75) is 33.2 Å². The summed E-state index contributed by atoms with van der Waals surface area (Å²) in [6.45, 7) is 12.5. The highest BCUT2D eigenvalue weighted by atomic mass is 16.2. The Morgan fingerprint density at radius 2 is 1.69 bits per heavy atom. The number of amides is 2. The van der Waals surface area contributed by atoms with Gasteiger partial charge in [-0.1, -0.05) is 45.0 Å². The number of nitrogens with one attached hydrogen (secondary N) is 2. The van der Waals surface area contributed by atoms with E-state index in [9.17, 15) is 9.59 Å². The van der Waals surface area contributed by atoms with Crippen LogP contribution in [0.2, 0.25) is 0 Å². The fourth-order valence-electron chi connectivity index (χ4n) is 3.80. The van der Waals surface area contributed by atoms with Crippen LogP contribution in [0.15, 0.2) is 36.5 Å². The lowest BCUT2D eigenvalue weighted by atomic mass is 10.0. The predicted molar refractivity (Wildman–Crippen MR) is 127 cm³/mol. The number of hydrogen-bond acceptors (Lipinski definition) is 5. The van der Waals surface area contributed by atoms with Gasteiger partial charge in [0.15, 0.2) is 0 Å². The zero-order valence-electron chi connectivity index (χ0n) is 19.7. The molecule has 1 fully saturated rings. The maximum absolute atomic E-state index is 12.4.